The maximum atomic E-state index is 12.4. The van der Waals surface area contributed by atoms with Crippen molar-refractivity contribution in [2.24, 2.45) is 0 Å². The normalized spacial score (nSPS) is 10.8. The van der Waals surface area contributed by atoms with Crippen molar-refractivity contribution in [3.8, 4) is 11.3 Å². The molecule has 0 aliphatic carbocycles. The van der Waals surface area contributed by atoms with Gasteiger partial charge in [-0.25, -0.2) is 4.79 Å². The Labute approximate surface area is 138 Å². The molecule has 0 N–H and O–H groups in total. The summed E-state index contributed by atoms with van der Waals surface area (Å²) >= 11 is 0. The first kappa shape index (κ1) is 15.9. The zero-order chi connectivity index (χ0) is 16.9. The Morgan fingerprint density at radius 2 is 1.96 bits per heavy atom. The van der Waals surface area contributed by atoms with E-state index in [0.717, 1.165) is 5.56 Å². The van der Waals surface area contributed by atoms with Gasteiger partial charge >= 0.3 is 5.97 Å². The molecule has 2 heterocycles. The van der Waals surface area contributed by atoms with Crippen molar-refractivity contribution in [2.45, 2.75) is 26.7 Å². The highest BCUT2D eigenvalue weighted by molar-refractivity contribution is 5.97. The number of nitrogens with zero attached hydrogens (tertiary/aromatic N) is 3. The van der Waals surface area contributed by atoms with E-state index < -0.39 is 5.97 Å². The van der Waals surface area contributed by atoms with Crippen molar-refractivity contribution in [3.63, 3.8) is 0 Å². The summed E-state index contributed by atoms with van der Waals surface area (Å²) in [4.78, 5) is 12.4. The molecule has 3 rings (SSSR count). The highest BCUT2D eigenvalue weighted by Gasteiger charge is 2.22. The first-order valence-electron chi connectivity index (χ1n) is 7.63. The highest BCUT2D eigenvalue weighted by atomic mass is 16.5. The van der Waals surface area contributed by atoms with Gasteiger partial charge in [-0.05, 0) is 13.3 Å². The maximum Gasteiger partial charge on any atom is 0.344 e. The number of ether oxygens (including phenoxy) is 1. The van der Waals surface area contributed by atoms with Crippen molar-refractivity contribution in [3.05, 3.63) is 53.4 Å². The van der Waals surface area contributed by atoms with Gasteiger partial charge in [0, 0.05) is 18.9 Å². The van der Waals surface area contributed by atoms with E-state index in [-0.39, 0.29) is 6.61 Å². The van der Waals surface area contributed by atoms with E-state index in [2.05, 4.69) is 15.4 Å². The number of hydrogen-bond donors (Lipinski definition) is 0. The van der Waals surface area contributed by atoms with Gasteiger partial charge in [-0.3, -0.25) is 0 Å². The SMILES string of the molecule is Cc1nnc(CCCOC(=O)c2c(-c3ccccc3)noc2C)o1. The molecule has 2 aromatic heterocycles. The molecular formula is C17H17N3O4. The van der Waals surface area contributed by atoms with Crippen molar-refractivity contribution >= 4 is 5.97 Å². The Bertz CT molecular complexity index is 823. The summed E-state index contributed by atoms with van der Waals surface area (Å²) in [5, 5.41) is 11.6. The predicted molar refractivity (Wildman–Crippen MR) is 84.3 cm³/mol. The van der Waals surface area contributed by atoms with Crippen LogP contribution in [-0.4, -0.2) is 27.9 Å². The first-order chi connectivity index (χ1) is 11.6. The molecule has 0 fully saturated rings. The van der Waals surface area contributed by atoms with Crippen molar-refractivity contribution < 1.29 is 18.5 Å². The fraction of sp³-hybridized carbons (Fsp3) is 0.294. The van der Waals surface area contributed by atoms with Crippen LogP contribution in [0.1, 0.15) is 34.3 Å². The molecule has 0 saturated heterocycles. The van der Waals surface area contributed by atoms with Gasteiger partial charge in [0.05, 0.1) is 6.61 Å². The van der Waals surface area contributed by atoms with Crippen LogP contribution >= 0.6 is 0 Å². The number of esters is 1. The summed E-state index contributed by atoms with van der Waals surface area (Å²) < 4.78 is 15.8. The molecule has 0 bridgehead atoms. The largest absolute Gasteiger partial charge is 0.462 e. The van der Waals surface area contributed by atoms with E-state index in [0.29, 0.717) is 41.6 Å². The average Bonchev–Trinajstić information content (AvgIpc) is 3.18. The minimum Gasteiger partial charge on any atom is -0.462 e. The monoisotopic (exact) mass is 327 g/mol. The van der Waals surface area contributed by atoms with E-state index in [1.165, 1.54) is 0 Å². The molecule has 0 unspecified atom stereocenters. The lowest BCUT2D eigenvalue weighted by Crippen LogP contribution is -2.09. The lowest BCUT2D eigenvalue weighted by molar-refractivity contribution is 0.0497. The Morgan fingerprint density at radius 3 is 2.67 bits per heavy atom. The summed E-state index contributed by atoms with van der Waals surface area (Å²) in [6.45, 7) is 3.67. The first-order valence-corrected chi connectivity index (χ1v) is 7.63. The zero-order valence-corrected chi connectivity index (χ0v) is 13.5. The topological polar surface area (TPSA) is 91.2 Å². The van der Waals surface area contributed by atoms with Crippen LogP contribution in [0.3, 0.4) is 0 Å². The van der Waals surface area contributed by atoms with Crippen LogP contribution < -0.4 is 0 Å². The average molecular weight is 327 g/mol. The van der Waals surface area contributed by atoms with Crippen LogP contribution in [0, 0.1) is 13.8 Å². The van der Waals surface area contributed by atoms with Crippen LogP contribution in [0.25, 0.3) is 11.3 Å². The summed E-state index contributed by atoms with van der Waals surface area (Å²) in [7, 11) is 0. The summed E-state index contributed by atoms with van der Waals surface area (Å²) in [5.41, 5.74) is 1.66. The predicted octanol–water partition coefficient (Wildman–Crippen LogP) is 3.13. The van der Waals surface area contributed by atoms with E-state index >= 15 is 0 Å². The second kappa shape index (κ2) is 7.08. The van der Waals surface area contributed by atoms with Crippen molar-refractivity contribution in [2.75, 3.05) is 6.61 Å². The minimum atomic E-state index is -0.450. The Morgan fingerprint density at radius 1 is 1.17 bits per heavy atom. The molecule has 1 aromatic carbocycles. The van der Waals surface area contributed by atoms with Crippen molar-refractivity contribution in [1.82, 2.24) is 15.4 Å². The number of aromatic nitrogens is 3. The summed E-state index contributed by atoms with van der Waals surface area (Å²) in [6.07, 6.45) is 1.15. The maximum absolute atomic E-state index is 12.4. The van der Waals surface area contributed by atoms with E-state index in [4.69, 9.17) is 13.7 Å². The molecule has 7 nitrogen and oxygen atoms in total. The molecule has 0 radical (unpaired) electrons. The lowest BCUT2D eigenvalue weighted by atomic mass is 10.1. The summed E-state index contributed by atoms with van der Waals surface area (Å²) in [5.74, 6) is 1.05. The molecule has 0 amide bonds. The fourth-order valence-corrected chi connectivity index (χ4v) is 2.30. The third-order valence-corrected chi connectivity index (χ3v) is 3.45. The fourth-order valence-electron chi connectivity index (χ4n) is 2.30. The number of carbonyl (C=O) groups excluding carboxylic acids is 1. The smallest absolute Gasteiger partial charge is 0.344 e. The van der Waals surface area contributed by atoms with Crippen LogP contribution in [0.4, 0.5) is 0 Å². The standard InChI is InChI=1S/C17H17N3O4/c1-11-15(16(20-24-11)13-7-4-3-5-8-13)17(21)22-10-6-9-14-19-18-12(2)23-14/h3-5,7-8H,6,9-10H2,1-2H3. The highest BCUT2D eigenvalue weighted by Crippen LogP contribution is 2.25. The van der Waals surface area contributed by atoms with Gasteiger partial charge in [0.1, 0.15) is 17.0 Å². The van der Waals surface area contributed by atoms with E-state index in [1.807, 2.05) is 30.3 Å². The third kappa shape index (κ3) is 3.51. The second-order valence-corrected chi connectivity index (χ2v) is 5.28. The number of benzene rings is 1. The lowest BCUT2D eigenvalue weighted by Gasteiger charge is -2.04. The van der Waals surface area contributed by atoms with Crippen molar-refractivity contribution in [1.29, 1.82) is 0 Å². The van der Waals surface area contributed by atoms with Crippen LogP contribution in [0.5, 0.6) is 0 Å². The molecule has 0 aliphatic heterocycles. The third-order valence-electron chi connectivity index (χ3n) is 3.45. The molecule has 0 aliphatic rings. The number of hydrogen-bond acceptors (Lipinski definition) is 7. The number of carbonyl (C=O) groups is 1. The molecular weight excluding hydrogens is 310 g/mol. The molecule has 0 spiro atoms. The number of rotatable bonds is 6. The molecule has 3 aromatic rings. The van der Waals surface area contributed by atoms with Gasteiger partial charge in [0.25, 0.3) is 0 Å². The van der Waals surface area contributed by atoms with Gasteiger partial charge in [-0.1, -0.05) is 35.5 Å². The van der Waals surface area contributed by atoms with Gasteiger partial charge in [-0.2, -0.15) is 0 Å². The van der Waals surface area contributed by atoms with Gasteiger partial charge < -0.3 is 13.7 Å². The summed E-state index contributed by atoms with van der Waals surface area (Å²) in [6, 6.07) is 9.38. The van der Waals surface area contributed by atoms with Crippen LogP contribution in [0.2, 0.25) is 0 Å². The number of aryl methyl sites for hydroxylation is 3. The van der Waals surface area contributed by atoms with Crippen LogP contribution in [-0.2, 0) is 11.2 Å². The minimum absolute atomic E-state index is 0.249. The molecule has 24 heavy (non-hydrogen) atoms. The van der Waals surface area contributed by atoms with Gasteiger partial charge in [0.15, 0.2) is 0 Å². The zero-order valence-electron chi connectivity index (χ0n) is 13.5. The van der Waals surface area contributed by atoms with Gasteiger partial charge in [-0.15, -0.1) is 10.2 Å². The Balaban J connectivity index is 1.62. The quantitative estimate of drug-likeness (QED) is 0.507. The Kier molecular flexibility index (Phi) is 4.69. The second-order valence-electron chi connectivity index (χ2n) is 5.28. The van der Waals surface area contributed by atoms with Crippen LogP contribution in [0.15, 0.2) is 39.3 Å². The molecule has 7 heteroatoms. The molecule has 0 saturated carbocycles. The molecule has 0 atom stereocenters. The van der Waals surface area contributed by atoms with E-state index in [9.17, 15) is 4.79 Å². The van der Waals surface area contributed by atoms with E-state index in [1.54, 1.807) is 13.8 Å². The van der Waals surface area contributed by atoms with Gasteiger partial charge in [0.2, 0.25) is 11.8 Å². The Hall–Kier alpha value is -2.96. The molecule has 124 valence electrons.